The number of anilines is 3. The predicted octanol–water partition coefficient (Wildman–Crippen LogP) is 6.68. The van der Waals surface area contributed by atoms with E-state index in [-0.39, 0.29) is 72.9 Å². The van der Waals surface area contributed by atoms with Crippen LogP contribution < -0.4 is 30.3 Å². The van der Waals surface area contributed by atoms with Crippen LogP contribution in [0.5, 0.6) is 17.5 Å². The summed E-state index contributed by atoms with van der Waals surface area (Å²) < 4.78 is 30.3. The van der Waals surface area contributed by atoms with E-state index in [2.05, 4.69) is 57.5 Å². The number of aliphatic hydroxyl groups is 1. The first-order valence-electron chi connectivity index (χ1n) is 27.2. The highest BCUT2D eigenvalue weighted by Crippen LogP contribution is 2.41. The van der Waals surface area contributed by atoms with Crippen LogP contribution in [0.15, 0.2) is 94.3 Å². The number of likely N-dealkylation sites (tertiary alicyclic amines) is 2. The Balaban J connectivity index is 0.601. The number of aryl methyl sites for hydroxylation is 1. The molecule has 2 aromatic carbocycles. The van der Waals surface area contributed by atoms with Gasteiger partial charge in [-0.15, -0.1) is 10.2 Å². The number of benzene rings is 2. The van der Waals surface area contributed by atoms with Gasteiger partial charge < -0.3 is 59.1 Å². The molecule has 11 rings (SSSR count). The first-order valence-corrected chi connectivity index (χ1v) is 27.2. The summed E-state index contributed by atoms with van der Waals surface area (Å²) >= 11 is 0. The number of nitrogens with zero attached hydrogens (tertiary/aromatic N) is 9. The number of nitrogens with two attached hydrogens (primary N) is 1. The van der Waals surface area contributed by atoms with Gasteiger partial charge in [0.25, 0.3) is 5.88 Å². The number of piperazine rings is 1. The van der Waals surface area contributed by atoms with E-state index in [1.54, 1.807) is 18.2 Å². The van der Waals surface area contributed by atoms with E-state index >= 15 is 0 Å². The summed E-state index contributed by atoms with van der Waals surface area (Å²) in [6.07, 6.45) is 8.59. The van der Waals surface area contributed by atoms with Gasteiger partial charge in [0.05, 0.1) is 41.4 Å². The number of hydrogen-bond acceptors (Lipinski definition) is 18. The molecule has 77 heavy (non-hydrogen) atoms. The highest BCUT2D eigenvalue weighted by molar-refractivity contribution is 5.91. The van der Waals surface area contributed by atoms with Crippen LogP contribution >= 0.6 is 0 Å². The number of rotatable bonds is 18. The van der Waals surface area contributed by atoms with Crippen molar-refractivity contribution in [2.24, 2.45) is 5.92 Å². The van der Waals surface area contributed by atoms with Gasteiger partial charge in [-0.05, 0) is 80.4 Å². The van der Waals surface area contributed by atoms with E-state index in [0.717, 1.165) is 92.9 Å². The van der Waals surface area contributed by atoms with Crippen LogP contribution in [0, 0.1) is 12.8 Å². The maximum Gasteiger partial charge on any atom is 0.254 e. The molecule has 4 aromatic heterocycles. The second kappa shape index (κ2) is 22.4. The Hall–Kier alpha value is -7.29. The number of piperidine rings is 1. The lowest BCUT2D eigenvalue weighted by molar-refractivity contribution is -0.141. The smallest absolute Gasteiger partial charge is 0.254 e. The van der Waals surface area contributed by atoms with Crippen molar-refractivity contribution in [3.8, 4) is 40.1 Å². The van der Waals surface area contributed by atoms with Crippen molar-refractivity contribution in [1.29, 1.82) is 0 Å². The summed E-state index contributed by atoms with van der Waals surface area (Å²) in [5.74, 6) is 0.963. The van der Waals surface area contributed by atoms with E-state index in [0.29, 0.717) is 53.5 Å². The van der Waals surface area contributed by atoms with E-state index in [1.807, 2.05) is 76.4 Å². The number of hydrogen-bond donors (Lipinski definition) is 4. The number of aliphatic hydroxyl groups excluding tert-OH is 1. The molecule has 4 saturated heterocycles. The molecule has 2 unspecified atom stereocenters. The molecule has 4 aliphatic heterocycles. The number of pyridine rings is 1. The van der Waals surface area contributed by atoms with Crippen LogP contribution in [0.2, 0.25) is 0 Å². The number of aromatic hydroxyl groups is 1. The van der Waals surface area contributed by atoms with Crippen LogP contribution in [-0.4, -0.2) is 146 Å². The number of ether oxygens (including phenoxy) is 3. The minimum absolute atomic E-state index is 0.0413. The van der Waals surface area contributed by atoms with Crippen LogP contribution in [0.4, 0.5) is 17.2 Å². The SMILES string of the molecule is Cc1ncoc1-c1ccc([C@H](C)NC(=O)[C@@H]2C[C@@H](O)CN2C(=O)[C@H](c2cc(OCCN3CCC(OC4CC(Oc5cc(N6C7CCC6CN(c6cc(-c8ccccc8O)nnc6N)C7)ccn5)C4)CC3)no2)C(C)C)cc1. The zero-order chi connectivity index (χ0) is 53.3. The average molecular weight is 1050 g/mol. The zero-order valence-electron chi connectivity index (χ0n) is 44.1. The predicted molar refractivity (Wildman–Crippen MR) is 286 cm³/mol. The van der Waals surface area contributed by atoms with Crippen LogP contribution in [-0.2, 0) is 14.3 Å². The van der Waals surface area contributed by atoms with Gasteiger partial charge in [0.1, 0.15) is 30.4 Å². The number of aromatic nitrogens is 5. The number of phenolic OH excluding ortho intramolecular Hbond substituents is 1. The molecule has 5 N–H and O–H groups in total. The van der Waals surface area contributed by atoms with Gasteiger partial charge in [-0.3, -0.25) is 14.5 Å². The Kier molecular flexibility index (Phi) is 15.0. The summed E-state index contributed by atoms with van der Waals surface area (Å²) in [6, 6.07) is 22.0. The highest BCUT2D eigenvalue weighted by Gasteiger charge is 2.45. The van der Waals surface area contributed by atoms with Gasteiger partial charge in [-0.25, -0.2) is 9.97 Å². The maximum absolute atomic E-state index is 14.2. The van der Waals surface area contributed by atoms with Gasteiger partial charge in [-0.2, -0.15) is 0 Å². The van der Waals surface area contributed by atoms with Crippen LogP contribution in [0.1, 0.15) is 94.7 Å². The molecule has 5 fully saturated rings. The molecule has 8 heterocycles. The molecular formula is C57H69N11O9. The summed E-state index contributed by atoms with van der Waals surface area (Å²) in [5.41, 5.74) is 12.1. The van der Waals surface area contributed by atoms with Crippen LogP contribution in [0.3, 0.4) is 0 Å². The molecule has 1 saturated carbocycles. The number of nitrogen functional groups attached to an aromatic ring is 1. The number of fused-ring (bicyclic) bond motifs is 2. The number of carbonyl (C=O) groups excluding carboxylic acids is 2. The van der Waals surface area contributed by atoms with Gasteiger partial charge >= 0.3 is 0 Å². The second-order valence-corrected chi connectivity index (χ2v) is 21.7. The summed E-state index contributed by atoms with van der Waals surface area (Å²) in [7, 11) is 0. The Morgan fingerprint density at radius 3 is 2.36 bits per heavy atom. The van der Waals surface area contributed by atoms with Crippen molar-refractivity contribution in [3.63, 3.8) is 0 Å². The largest absolute Gasteiger partial charge is 0.507 e. The summed E-state index contributed by atoms with van der Waals surface area (Å²) in [4.78, 5) is 45.4. The van der Waals surface area contributed by atoms with Crippen LogP contribution in [0.25, 0.3) is 22.6 Å². The lowest BCUT2D eigenvalue weighted by Gasteiger charge is -2.43. The third-order valence-electron chi connectivity index (χ3n) is 16.1. The van der Waals surface area contributed by atoms with Gasteiger partial charge in [-0.1, -0.05) is 50.2 Å². The summed E-state index contributed by atoms with van der Waals surface area (Å²) in [6.45, 7) is 12.1. The molecule has 6 aromatic rings. The van der Waals surface area contributed by atoms with Crippen molar-refractivity contribution in [2.75, 3.05) is 61.4 Å². The quantitative estimate of drug-likeness (QED) is 0.0701. The first-order chi connectivity index (χ1) is 37.3. The fourth-order valence-electron chi connectivity index (χ4n) is 11.9. The molecular weight excluding hydrogens is 983 g/mol. The minimum atomic E-state index is -0.846. The number of para-hydroxylation sites is 1. The van der Waals surface area contributed by atoms with E-state index in [1.165, 1.54) is 11.3 Å². The molecule has 0 radical (unpaired) electrons. The number of oxazole rings is 1. The molecule has 5 aliphatic rings. The molecule has 1 aliphatic carbocycles. The normalized spacial score (nSPS) is 23.5. The molecule has 406 valence electrons. The number of nitrogens with one attached hydrogen (secondary N) is 1. The third-order valence-corrected chi connectivity index (χ3v) is 16.1. The Morgan fingerprint density at radius 1 is 0.870 bits per heavy atom. The Bertz CT molecular complexity index is 3000. The van der Waals surface area contributed by atoms with Crippen molar-refractivity contribution in [2.45, 2.75) is 127 Å². The number of carbonyl (C=O) groups is 2. The van der Waals surface area contributed by atoms with Crippen molar-refractivity contribution in [1.82, 2.24) is 40.4 Å². The standard InChI is InChI=1S/C57H69N11O9/c1-33(2)53(57(72)67-31-41(69)24-48(67)56(71)61-34(3)36-9-11-37(12-10-36)54-35(4)60-32-74-54)50-28-52(64-77-50)73-22-21-65-19-16-42(17-20-65)75-43-25-44(26-43)76-51-23-38(15-18-59-51)68-39-13-14-40(68)30-66(29-39)47-27-46(62-63-55(47)58)45-7-5-6-8-49(45)70/h5-12,15,18,23,27-28,32-34,39-44,48,53,69-70H,13-14,16-17,19-22,24-26,29-31H2,1-4H3,(H2,58,63)(H,61,71)/t34-,39?,40?,41+,43?,44?,48-,53-/m0/s1. The van der Waals surface area contributed by atoms with E-state index in [9.17, 15) is 19.8 Å². The third kappa shape index (κ3) is 11.3. The molecule has 20 nitrogen and oxygen atoms in total. The van der Waals surface area contributed by atoms with Gasteiger partial charge in [0.2, 0.25) is 17.7 Å². The monoisotopic (exact) mass is 1050 g/mol. The lowest BCUT2D eigenvalue weighted by atomic mass is 9.91. The van der Waals surface area contributed by atoms with Gasteiger partial charge in [0, 0.05) is 106 Å². The van der Waals surface area contributed by atoms with Crippen molar-refractivity contribution in [3.05, 3.63) is 102 Å². The summed E-state index contributed by atoms with van der Waals surface area (Å²) in [5, 5.41) is 36.9. The van der Waals surface area contributed by atoms with Crippen molar-refractivity contribution >= 4 is 29.0 Å². The first kappa shape index (κ1) is 51.8. The fourth-order valence-corrected chi connectivity index (χ4v) is 11.9. The highest BCUT2D eigenvalue weighted by atomic mass is 16.5. The number of β-amino-alcohol motifs (C(OH)–C–C–N with tert-alkyl or cyclic N) is 1. The molecule has 6 atom stereocenters. The fraction of sp³-hybridized carbons (Fsp3) is 0.491. The Morgan fingerprint density at radius 2 is 1.64 bits per heavy atom. The van der Waals surface area contributed by atoms with Gasteiger partial charge in [0.15, 0.2) is 23.7 Å². The minimum Gasteiger partial charge on any atom is -0.507 e. The molecule has 2 amide bonds. The topological polar surface area (TPSA) is 244 Å². The average Bonchev–Trinajstić information content (AvgIpc) is 4.22. The molecule has 20 heteroatoms. The maximum atomic E-state index is 14.2. The number of amides is 2. The molecule has 2 bridgehead atoms. The number of phenols is 1. The van der Waals surface area contributed by atoms with Crippen molar-refractivity contribution < 1.29 is 43.0 Å². The van der Waals surface area contributed by atoms with E-state index in [4.69, 9.17) is 28.9 Å². The second-order valence-electron chi connectivity index (χ2n) is 21.7. The molecule has 0 spiro atoms. The lowest BCUT2D eigenvalue weighted by Crippen LogP contribution is -2.54. The zero-order valence-corrected chi connectivity index (χ0v) is 44.1. The van der Waals surface area contributed by atoms with E-state index < -0.39 is 18.1 Å². The Labute approximate surface area is 447 Å².